The molecule has 2 fully saturated rings. The summed E-state index contributed by atoms with van der Waals surface area (Å²) in [4.78, 5) is 8.97. The lowest BCUT2D eigenvalue weighted by Gasteiger charge is -2.20. The molecule has 3 unspecified atom stereocenters. The Morgan fingerprint density at radius 1 is 1.33 bits per heavy atom. The van der Waals surface area contributed by atoms with E-state index in [-0.39, 0.29) is 0 Å². The van der Waals surface area contributed by atoms with E-state index in [2.05, 4.69) is 9.97 Å². The lowest BCUT2D eigenvalue weighted by Crippen LogP contribution is -2.12. The third kappa shape index (κ3) is 1.65. The predicted molar refractivity (Wildman–Crippen MR) is 59.8 cm³/mol. The second kappa shape index (κ2) is 3.75. The van der Waals surface area contributed by atoms with Crippen LogP contribution in [0.15, 0.2) is 12.3 Å². The molecule has 0 aliphatic heterocycles. The van der Waals surface area contributed by atoms with E-state index >= 15 is 0 Å². The molecule has 2 aliphatic rings. The molecule has 0 aromatic carbocycles. The van der Waals surface area contributed by atoms with Crippen LogP contribution in [-0.2, 0) is 5.88 Å². The monoisotopic (exact) mass is 222 g/mol. The molecule has 1 heterocycles. The Labute approximate surface area is 95.1 Å². The molecular formula is C12H15ClN2. The van der Waals surface area contributed by atoms with E-state index in [9.17, 15) is 0 Å². The van der Waals surface area contributed by atoms with Gasteiger partial charge in [-0.25, -0.2) is 9.97 Å². The van der Waals surface area contributed by atoms with Gasteiger partial charge in [-0.3, -0.25) is 0 Å². The van der Waals surface area contributed by atoms with Gasteiger partial charge in [-0.2, -0.15) is 0 Å². The maximum Gasteiger partial charge on any atom is 0.131 e. The van der Waals surface area contributed by atoms with Gasteiger partial charge in [0.1, 0.15) is 5.82 Å². The van der Waals surface area contributed by atoms with Crippen molar-refractivity contribution in [1.29, 1.82) is 0 Å². The summed E-state index contributed by atoms with van der Waals surface area (Å²) in [5.41, 5.74) is 0.962. The molecule has 2 saturated carbocycles. The molecule has 80 valence electrons. The fourth-order valence-electron chi connectivity index (χ4n) is 3.23. The van der Waals surface area contributed by atoms with Gasteiger partial charge in [-0.05, 0) is 37.2 Å². The molecule has 0 N–H and O–H groups in total. The molecule has 0 spiro atoms. The minimum atomic E-state index is 0.496. The smallest absolute Gasteiger partial charge is 0.131 e. The van der Waals surface area contributed by atoms with Crippen molar-refractivity contribution in [3.63, 3.8) is 0 Å². The first-order chi connectivity index (χ1) is 7.36. The van der Waals surface area contributed by atoms with E-state index in [0.29, 0.717) is 11.8 Å². The molecule has 2 bridgehead atoms. The van der Waals surface area contributed by atoms with Crippen molar-refractivity contribution in [3.05, 3.63) is 23.8 Å². The van der Waals surface area contributed by atoms with E-state index < -0.39 is 0 Å². The number of hydrogen-bond acceptors (Lipinski definition) is 2. The Kier molecular flexibility index (Phi) is 2.39. The van der Waals surface area contributed by atoms with Crippen LogP contribution in [0.3, 0.4) is 0 Å². The Morgan fingerprint density at radius 2 is 2.27 bits per heavy atom. The number of fused-ring (bicyclic) bond motifs is 2. The average molecular weight is 223 g/mol. The predicted octanol–water partition coefficient (Wildman–Crippen LogP) is 3.12. The van der Waals surface area contributed by atoms with Gasteiger partial charge in [0.15, 0.2) is 0 Å². The van der Waals surface area contributed by atoms with Gasteiger partial charge in [-0.1, -0.05) is 6.42 Å². The summed E-state index contributed by atoms with van der Waals surface area (Å²) in [6.45, 7) is 0. The summed E-state index contributed by atoms with van der Waals surface area (Å²) < 4.78 is 0. The van der Waals surface area contributed by atoms with Gasteiger partial charge in [0, 0.05) is 12.1 Å². The zero-order valence-corrected chi connectivity index (χ0v) is 9.45. The van der Waals surface area contributed by atoms with Crippen molar-refractivity contribution in [2.75, 3.05) is 0 Å². The van der Waals surface area contributed by atoms with Crippen molar-refractivity contribution in [2.24, 2.45) is 11.8 Å². The Balaban J connectivity index is 1.86. The van der Waals surface area contributed by atoms with Crippen LogP contribution < -0.4 is 0 Å². The first-order valence-electron chi connectivity index (χ1n) is 5.74. The molecule has 0 amide bonds. The van der Waals surface area contributed by atoms with Crippen molar-refractivity contribution in [2.45, 2.75) is 37.5 Å². The highest BCUT2D eigenvalue weighted by atomic mass is 35.5. The third-order valence-corrected chi connectivity index (χ3v) is 4.21. The Bertz CT molecular complexity index is 366. The molecule has 3 rings (SSSR count). The number of hydrogen-bond donors (Lipinski definition) is 0. The summed E-state index contributed by atoms with van der Waals surface area (Å²) >= 11 is 5.79. The summed E-state index contributed by atoms with van der Waals surface area (Å²) in [6, 6.07) is 1.91. The van der Waals surface area contributed by atoms with Gasteiger partial charge in [0.25, 0.3) is 0 Å². The maximum absolute atomic E-state index is 5.79. The van der Waals surface area contributed by atoms with Crippen molar-refractivity contribution < 1.29 is 0 Å². The van der Waals surface area contributed by atoms with Gasteiger partial charge in [-0.15, -0.1) is 11.6 Å². The van der Waals surface area contributed by atoms with Crippen LogP contribution in [0, 0.1) is 11.8 Å². The number of rotatable bonds is 2. The van der Waals surface area contributed by atoms with Gasteiger partial charge in [0.05, 0.1) is 11.6 Å². The van der Waals surface area contributed by atoms with Crippen LogP contribution in [0.25, 0.3) is 0 Å². The van der Waals surface area contributed by atoms with Gasteiger partial charge < -0.3 is 0 Å². The van der Waals surface area contributed by atoms with Crippen LogP contribution in [0.4, 0.5) is 0 Å². The van der Waals surface area contributed by atoms with E-state index in [4.69, 9.17) is 11.6 Å². The zero-order chi connectivity index (χ0) is 10.3. The molecule has 1 aromatic rings. The molecule has 3 atom stereocenters. The summed E-state index contributed by atoms with van der Waals surface area (Å²) in [7, 11) is 0. The summed E-state index contributed by atoms with van der Waals surface area (Å²) in [6.07, 6.45) is 7.36. The normalized spacial score (nSPS) is 33.5. The molecule has 3 heteroatoms. The lowest BCUT2D eigenvalue weighted by molar-refractivity contribution is 0.404. The van der Waals surface area contributed by atoms with Crippen LogP contribution in [0.1, 0.15) is 43.1 Å². The molecule has 2 nitrogen and oxygen atoms in total. The number of halogens is 1. The number of alkyl halides is 1. The third-order valence-electron chi connectivity index (χ3n) is 3.94. The van der Waals surface area contributed by atoms with Crippen LogP contribution in [0.5, 0.6) is 0 Å². The highest BCUT2D eigenvalue weighted by molar-refractivity contribution is 6.16. The number of nitrogens with zero attached hydrogens (tertiary/aromatic N) is 2. The molecule has 15 heavy (non-hydrogen) atoms. The van der Waals surface area contributed by atoms with Crippen LogP contribution in [0.2, 0.25) is 0 Å². The van der Waals surface area contributed by atoms with Crippen molar-refractivity contribution >= 4 is 11.6 Å². The van der Waals surface area contributed by atoms with Crippen molar-refractivity contribution in [3.8, 4) is 0 Å². The first-order valence-corrected chi connectivity index (χ1v) is 6.28. The lowest BCUT2D eigenvalue weighted by atomic mass is 9.88. The Hall–Kier alpha value is -0.630. The quantitative estimate of drug-likeness (QED) is 0.719. The van der Waals surface area contributed by atoms with Gasteiger partial charge >= 0.3 is 0 Å². The van der Waals surface area contributed by atoms with Crippen LogP contribution >= 0.6 is 11.6 Å². The fraction of sp³-hybridized carbons (Fsp3) is 0.667. The summed E-state index contributed by atoms with van der Waals surface area (Å²) in [5.74, 6) is 3.95. The minimum Gasteiger partial charge on any atom is -0.241 e. The topological polar surface area (TPSA) is 25.8 Å². The van der Waals surface area contributed by atoms with E-state index in [1.54, 1.807) is 0 Å². The molecule has 0 saturated heterocycles. The average Bonchev–Trinajstić information content (AvgIpc) is 2.91. The van der Waals surface area contributed by atoms with Gasteiger partial charge in [0.2, 0.25) is 0 Å². The highest BCUT2D eigenvalue weighted by Gasteiger charge is 2.41. The summed E-state index contributed by atoms with van der Waals surface area (Å²) in [5, 5.41) is 0. The van der Waals surface area contributed by atoms with E-state index in [0.717, 1.165) is 23.4 Å². The van der Waals surface area contributed by atoms with Crippen LogP contribution in [-0.4, -0.2) is 9.97 Å². The van der Waals surface area contributed by atoms with E-state index in [1.807, 2.05) is 12.3 Å². The molecule has 0 radical (unpaired) electrons. The second-order valence-corrected chi connectivity index (χ2v) is 5.09. The second-order valence-electron chi connectivity index (χ2n) is 4.82. The SMILES string of the molecule is ClCc1ccnc(C2CC3CCC2C3)n1. The largest absolute Gasteiger partial charge is 0.241 e. The van der Waals surface area contributed by atoms with Crippen molar-refractivity contribution in [1.82, 2.24) is 9.97 Å². The maximum atomic E-state index is 5.79. The first kappa shape index (κ1) is 9.59. The fourth-order valence-corrected chi connectivity index (χ4v) is 3.38. The Morgan fingerprint density at radius 3 is 2.93 bits per heavy atom. The molecular weight excluding hydrogens is 208 g/mol. The number of aromatic nitrogens is 2. The van der Waals surface area contributed by atoms with E-state index in [1.165, 1.54) is 25.7 Å². The highest BCUT2D eigenvalue weighted by Crippen LogP contribution is 2.51. The molecule has 1 aromatic heterocycles. The zero-order valence-electron chi connectivity index (χ0n) is 8.69. The minimum absolute atomic E-state index is 0.496. The standard InChI is InChI=1S/C12H15ClN2/c13-7-10-3-4-14-12(15-10)11-6-8-1-2-9(11)5-8/h3-4,8-9,11H,1-2,5-7H2. The molecule has 2 aliphatic carbocycles.